The van der Waals surface area contributed by atoms with Crippen molar-refractivity contribution in [2.24, 2.45) is 0 Å². The molecule has 1 atom stereocenters. The van der Waals surface area contributed by atoms with Crippen LogP contribution in [0.25, 0.3) is 0 Å². The van der Waals surface area contributed by atoms with Crippen LogP contribution in [0.2, 0.25) is 0 Å². The van der Waals surface area contributed by atoms with E-state index in [0.29, 0.717) is 6.42 Å². The summed E-state index contributed by atoms with van der Waals surface area (Å²) in [6.45, 7) is 1.39. The molecule has 1 aromatic heterocycles. The Morgan fingerprint density at radius 1 is 1.55 bits per heavy atom. The van der Waals surface area contributed by atoms with Crippen molar-refractivity contribution in [2.75, 3.05) is 6.54 Å². The molecule has 1 aliphatic rings. The summed E-state index contributed by atoms with van der Waals surface area (Å²) in [6.07, 6.45) is 0.313. The van der Waals surface area contributed by atoms with Gasteiger partial charge in [0.15, 0.2) is 5.76 Å². The maximum absolute atomic E-state index is 12.2. The Labute approximate surface area is 112 Å². The molecule has 1 unspecified atom stereocenters. The summed E-state index contributed by atoms with van der Waals surface area (Å²) in [4.78, 5) is 45.9. The van der Waals surface area contributed by atoms with E-state index in [2.05, 4.69) is 5.32 Å². The Morgan fingerprint density at radius 2 is 2.25 bits per heavy atom. The highest BCUT2D eigenvalue weighted by Gasteiger charge is 2.37. The Balaban J connectivity index is 2.27. The summed E-state index contributed by atoms with van der Waals surface area (Å²) < 4.78 is 4.79. The number of carbonyl (C=O) groups excluding carboxylic acids is 3. The fraction of sp³-hybridized carbons (Fsp3) is 0.364. The van der Waals surface area contributed by atoms with Gasteiger partial charge in [-0.15, -0.1) is 0 Å². The highest BCUT2D eigenvalue weighted by atomic mass is 16.6. The number of piperazine rings is 1. The van der Waals surface area contributed by atoms with Crippen molar-refractivity contribution in [3.8, 4) is 0 Å². The zero-order valence-corrected chi connectivity index (χ0v) is 10.5. The Hall–Kier alpha value is -2.71. The van der Waals surface area contributed by atoms with Gasteiger partial charge in [-0.05, 0) is 12.5 Å². The molecule has 2 heterocycles. The highest BCUT2D eigenvalue weighted by molar-refractivity contribution is 6.06. The zero-order chi connectivity index (χ0) is 14.9. The topological polar surface area (TPSA) is 123 Å². The van der Waals surface area contributed by atoms with Gasteiger partial charge in [0, 0.05) is 0 Å². The minimum Gasteiger partial charge on any atom is -0.395 e. The molecule has 0 saturated carbocycles. The molecule has 0 aliphatic carbocycles. The summed E-state index contributed by atoms with van der Waals surface area (Å²) in [6, 6.07) is 1.38. The summed E-state index contributed by atoms with van der Waals surface area (Å²) in [5, 5.41) is 12.6. The van der Waals surface area contributed by atoms with E-state index >= 15 is 0 Å². The third-order valence-corrected chi connectivity index (χ3v) is 2.89. The van der Waals surface area contributed by atoms with Gasteiger partial charge in [-0.1, -0.05) is 6.92 Å². The quantitative estimate of drug-likeness (QED) is 0.475. The number of nitrogens with one attached hydrogen (secondary N) is 1. The van der Waals surface area contributed by atoms with E-state index in [-0.39, 0.29) is 12.3 Å². The molecule has 0 bridgehead atoms. The molecule has 0 spiro atoms. The van der Waals surface area contributed by atoms with E-state index in [4.69, 9.17) is 4.42 Å². The molecule has 1 fully saturated rings. The molecule has 1 aromatic rings. The van der Waals surface area contributed by atoms with Crippen LogP contribution >= 0.6 is 0 Å². The predicted molar refractivity (Wildman–Crippen MR) is 63.6 cm³/mol. The average molecular weight is 281 g/mol. The molecule has 1 saturated heterocycles. The zero-order valence-electron chi connectivity index (χ0n) is 10.5. The summed E-state index contributed by atoms with van der Waals surface area (Å²) in [5.74, 6) is -2.76. The Bertz CT molecular complexity index is 593. The number of imide groups is 1. The lowest BCUT2D eigenvalue weighted by Crippen LogP contribution is -2.59. The van der Waals surface area contributed by atoms with Crippen molar-refractivity contribution in [1.29, 1.82) is 0 Å². The molecular formula is C11H11N3O6. The van der Waals surface area contributed by atoms with Crippen LogP contribution in [0.3, 0.4) is 0 Å². The minimum absolute atomic E-state index is 0.280. The first kappa shape index (κ1) is 13.7. The Morgan fingerprint density at radius 3 is 2.80 bits per heavy atom. The van der Waals surface area contributed by atoms with Gasteiger partial charge < -0.3 is 9.32 Å². The van der Waals surface area contributed by atoms with Crippen molar-refractivity contribution in [1.82, 2.24) is 10.2 Å². The number of furan rings is 1. The van der Waals surface area contributed by atoms with E-state index in [9.17, 15) is 24.5 Å². The van der Waals surface area contributed by atoms with Crippen LogP contribution < -0.4 is 5.32 Å². The van der Waals surface area contributed by atoms with Crippen molar-refractivity contribution in [3.05, 3.63) is 28.0 Å². The van der Waals surface area contributed by atoms with E-state index in [0.717, 1.165) is 17.0 Å². The lowest BCUT2D eigenvalue weighted by atomic mass is 10.1. The summed E-state index contributed by atoms with van der Waals surface area (Å²) in [7, 11) is 0. The molecule has 20 heavy (non-hydrogen) atoms. The predicted octanol–water partition coefficient (Wildman–Crippen LogP) is 0.0650. The van der Waals surface area contributed by atoms with Crippen LogP contribution in [0.15, 0.2) is 16.5 Å². The molecule has 106 valence electrons. The average Bonchev–Trinajstić information content (AvgIpc) is 2.86. The second kappa shape index (κ2) is 5.11. The third kappa shape index (κ3) is 2.37. The molecular weight excluding hydrogens is 270 g/mol. The number of hydrogen-bond donors (Lipinski definition) is 1. The van der Waals surface area contributed by atoms with E-state index < -0.39 is 34.6 Å². The van der Waals surface area contributed by atoms with Crippen LogP contribution in [0.1, 0.15) is 23.9 Å². The van der Waals surface area contributed by atoms with Crippen LogP contribution in [0.4, 0.5) is 5.88 Å². The van der Waals surface area contributed by atoms with Crippen LogP contribution in [-0.4, -0.2) is 40.1 Å². The van der Waals surface area contributed by atoms with Crippen LogP contribution in [-0.2, 0) is 9.59 Å². The van der Waals surface area contributed by atoms with E-state index in [1.54, 1.807) is 6.92 Å². The summed E-state index contributed by atoms with van der Waals surface area (Å²) in [5.41, 5.74) is 0. The Kier molecular flexibility index (Phi) is 3.51. The van der Waals surface area contributed by atoms with Crippen molar-refractivity contribution in [2.45, 2.75) is 19.4 Å². The molecule has 0 radical (unpaired) electrons. The first-order valence-corrected chi connectivity index (χ1v) is 5.83. The third-order valence-electron chi connectivity index (χ3n) is 2.89. The first-order chi connectivity index (χ1) is 9.43. The summed E-state index contributed by atoms with van der Waals surface area (Å²) >= 11 is 0. The minimum atomic E-state index is -0.802. The fourth-order valence-electron chi connectivity index (χ4n) is 1.97. The molecule has 1 N–H and O–H groups in total. The first-order valence-electron chi connectivity index (χ1n) is 5.83. The highest BCUT2D eigenvalue weighted by Crippen LogP contribution is 2.20. The van der Waals surface area contributed by atoms with Crippen molar-refractivity contribution >= 4 is 23.6 Å². The molecule has 2 rings (SSSR count). The van der Waals surface area contributed by atoms with Gasteiger partial charge in [-0.2, -0.15) is 0 Å². The lowest BCUT2D eigenvalue weighted by Gasteiger charge is -2.32. The second-order valence-electron chi connectivity index (χ2n) is 4.16. The normalized spacial score (nSPS) is 18.9. The van der Waals surface area contributed by atoms with Gasteiger partial charge in [-0.3, -0.25) is 29.8 Å². The van der Waals surface area contributed by atoms with Crippen molar-refractivity contribution < 1.29 is 23.7 Å². The molecule has 3 amide bonds. The van der Waals surface area contributed by atoms with Gasteiger partial charge in [0.2, 0.25) is 11.8 Å². The largest absolute Gasteiger partial charge is 0.433 e. The number of amides is 3. The number of hydrogen-bond acceptors (Lipinski definition) is 6. The van der Waals surface area contributed by atoms with Crippen molar-refractivity contribution in [3.63, 3.8) is 0 Å². The van der Waals surface area contributed by atoms with Crippen LogP contribution in [0, 0.1) is 10.1 Å². The van der Waals surface area contributed by atoms with E-state index in [1.807, 2.05) is 0 Å². The smallest absolute Gasteiger partial charge is 0.395 e. The van der Waals surface area contributed by atoms with Gasteiger partial charge in [0.1, 0.15) is 17.5 Å². The number of nitrogens with zero attached hydrogens (tertiary/aromatic N) is 2. The fourth-order valence-corrected chi connectivity index (χ4v) is 1.97. The monoisotopic (exact) mass is 281 g/mol. The van der Waals surface area contributed by atoms with Gasteiger partial charge in [0.05, 0.1) is 6.07 Å². The maximum atomic E-state index is 12.2. The van der Waals surface area contributed by atoms with Gasteiger partial charge in [0.25, 0.3) is 5.91 Å². The van der Waals surface area contributed by atoms with Crippen LogP contribution in [0.5, 0.6) is 0 Å². The molecule has 9 heteroatoms. The lowest BCUT2D eigenvalue weighted by molar-refractivity contribution is -0.402. The van der Waals surface area contributed by atoms with E-state index in [1.165, 1.54) is 0 Å². The molecule has 0 aromatic carbocycles. The van der Waals surface area contributed by atoms with Gasteiger partial charge in [-0.25, -0.2) is 0 Å². The number of nitro groups is 1. The van der Waals surface area contributed by atoms with Gasteiger partial charge >= 0.3 is 5.88 Å². The maximum Gasteiger partial charge on any atom is 0.433 e. The SMILES string of the molecule is CCC1C(=O)NC(=O)CN1C(=O)c1ccc([N+](=O)[O-])o1. The standard InChI is InChI=1S/C11H11N3O6/c1-2-6-10(16)12-8(15)5-13(6)11(17)7-3-4-9(20-7)14(18)19/h3-4,6H,2,5H2,1H3,(H,12,15,16). The molecule has 1 aliphatic heterocycles. The number of rotatable bonds is 3. The molecule has 9 nitrogen and oxygen atoms in total. The number of carbonyl (C=O) groups is 3. The second-order valence-corrected chi connectivity index (χ2v) is 4.16.